The Morgan fingerprint density at radius 3 is 2.58 bits per heavy atom. The molecular weight excluding hydrogens is 263 g/mol. The third-order valence-electron chi connectivity index (χ3n) is 2.95. The van der Waals surface area contributed by atoms with Crippen LogP contribution in [0.4, 0.5) is 4.39 Å². The third-order valence-corrected chi connectivity index (χ3v) is 3.32. The Morgan fingerprint density at radius 1 is 1.11 bits per heavy atom. The molecule has 0 fully saturated rings. The van der Waals surface area contributed by atoms with Gasteiger partial charge in [0, 0.05) is 17.0 Å². The van der Waals surface area contributed by atoms with Crippen LogP contribution in [0.2, 0.25) is 5.02 Å². The first-order chi connectivity index (χ1) is 9.16. The molecule has 0 aliphatic carbocycles. The molecule has 2 aromatic carbocycles. The number of hydrogen-bond acceptors (Lipinski definition) is 1. The number of Topliss-reactive ketones (excluding diaryl/α,β-unsaturated/α-hetero) is 1. The number of ketones is 1. The molecule has 0 bridgehead atoms. The van der Waals surface area contributed by atoms with Crippen molar-refractivity contribution in [2.45, 2.75) is 19.3 Å². The van der Waals surface area contributed by atoms with E-state index in [-0.39, 0.29) is 11.6 Å². The van der Waals surface area contributed by atoms with Gasteiger partial charge >= 0.3 is 0 Å². The van der Waals surface area contributed by atoms with E-state index in [0.29, 0.717) is 29.8 Å². The zero-order valence-electron chi connectivity index (χ0n) is 10.4. The van der Waals surface area contributed by atoms with Crippen LogP contribution in [0.15, 0.2) is 48.5 Å². The number of rotatable bonds is 5. The summed E-state index contributed by atoms with van der Waals surface area (Å²) < 4.78 is 13.1. The van der Waals surface area contributed by atoms with Crippen molar-refractivity contribution in [1.29, 1.82) is 0 Å². The maximum Gasteiger partial charge on any atom is 0.162 e. The van der Waals surface area contributed by atoms with E-state index in [0.717, 1.165) is 5.56 Å². The second-order valence-corrected chi connectivity index (χ2v) is 4.79. The van der Waals surface area contributed by atoms with Crippen molar-refractivity contribution in [2.24, 2.45) is 0 Å². The van der Waals surface area contributed by atoms with E-state index in [4.69, 9.17) is 11.6 Å². The van der Waals surface area contributed by atoms with Crippen molar-refractivity contribution >= 4 is 17.4 Å². The lowest BCUT2D eigenvalue weighted by Crippen LogP contribution is -2.00. The largest absolute Gasteiger partial charge is 0.294 e. The molecule has 2 aromatic rings. The van der Waals surface area contributed by atoms with Crippen LogP contribution in [0.5, 0.6) is 0 Å². The van der Waals surface area contributed by atoms with Crippen molar-refractivity contribution in [3.63, 3.8) is 0 Å². The van der Waals surface area contributed by atoms with Crippen molar-refractivity contribution in [1.82, 2.24) is 0 Å². The Bertz CT molecular complexity index is 566. The van der Waals surface area contributed by atoms with E-state index in [1.54, 1.807) is 18.2 Å². The molecule has 0 aliphatic rings. The van der Waals surface area contributed by atoms with Gasteiger partial charge in [-0.1, -0.05) is 41.9 Å². The lowest BCUT2D eigenvalue weighted by atomic mass is 10.0. The highest BCUT2D eigenvalue weighted by Crippen LogP contribution is 2.19. The van der Waals surface area contributed by atoms with Crippen LogP contribution in [0.3, 0.4) is 0 Å². The van der Waals surface area contributed by atoms with Gasteiger partial charge < -0.3 is 0 Å². The monoisotopic (exact) mass is 276 g/mol. The lowest BCUT2D eigenvalue weighted by Gasteiger charge is -2.04. The summed E-state index contributed by atoms with van der Waals surface area (Å²) in [4.78, 5) is 11.9. The molecule has 98 valence electrons. The minimum atomic E-state index is -0.297. The van der Waals surface area contributed by atoms with Gasteiger partial charge in [-0.05, 0) is 36.6 Å². The minimum Gasteiger partial charge on any atom is -0.294 e. The highest BCUT2D eigenvalue weighted by Gasteiger charge is 2.07. The van der Waals surface area contributed by atoms with Crippen molar-refractivity contribution in [2.75, 3.05) is 0 Å². The number of carbonyl (C=O) groups excluding carboxylic acids is 1. The summed E-state index contributed by atoms with van der Waals surface area (Å²) in [5.41, 5.74) is 1.47. The van der Waals surface area contributed by atoms with Crippen LogP contribution < -0.4 is 0 Å². The zero-order valence-corrected chi connectivity index (χ0v) is 11.2. The molecule has 3 heteroatoms. The average molecular weight is 277 g/mol. The van der Waals surface area contributed by atoms with Gasteiger partial charge in [0.2, 0.25) is 0 Å². The van der Waals surface area contributed by atoms with E-state index in [9.17, 15) is 9.18 Å². The fourth-order valence-corrected chi connectivity index (χ4v) is 2.15. The highest BCUT2D eigenvalue weighted by molar-refractivity contribution is 6.31. The Labute approximate surface area is 117 Å². The summed E-state index contributed by atoms with van der Waals surface area (Å²) in [6.07, 6.45) is 1.71. The summed E-state index contributed by atoms with van der Waals surface area (Å²) in [6.45, 7) is 0. The molecule has 0 spiro atoms. The maximum absolute atomic E-state index is 13.1. The number of aryl methyl sites for hydroxylation is 1. The van der Waals surface area contributed by atoms with E-state index in [1.165, 1.54) is 12.1 Å². The van der Waals surface area contributed by atoms with Gasteiger partial charge in [-0.15, -0.1) is 0 Å². The molecular formula is C16H14ClFO. The fourth-order valence-electron chi connectivity index (χ4n) is 1.94. The predicted molar refractivity (Wildman–Crippen MR) is 75.1 cm³/mol. The van der Waals surface area contributed by atoms with Gasteiger partial charge in [-0.3, -0.25) is 4.79 Å². The van der Waals surface area contributed by atoms with Gasteiger partial charge in [0.25, 0.3) is 0 Å². The fraction of sp³-hybridized carbons (Fsp3) is 0.188. The highest BCUT2D eigenvalue weighted by atomic mass is 35.5. The van der Waals surface area contributed by atoms with Gasteiger partial charge in [-0.2, -0.15) is 0 Å². The SMILES string of the molecule is O=C(CCCc1cc(F)ccc1Cl)c1ccccc1. The molecule has 0 saturated heterocycles. The molecule has 0 aliphatic heterocycles. The van der Waals surface area contributed by atoms with E-state index >= 15 is 0 Å². The van der Waals surface area contributed by atoms with Crippen molar-refractivity contribution < 1.29 is 9.18 Å². The standard InChI is InChI=1S/C16H14ClFO/c17-15-10-9-14(18)11-13(15)7-4-8-16(19)12-5-2-1-3-6-12/h1-3,5-6,9-11H,4,7-8H2. The van der Waals surface area contributed by atoms with Crippen molar-refractivity contribution in [3.8, 4) is 0 Å². The lowest BCUT2D eigenvalue weighted by molar-refractivity contribution is 0.0980. The average Bonchev–Trinajstić information content (AvgIpc) is 2.43. The summed E-state index contributed by atoms with van der Waals surface area (Å²) in [6, 6.07) is 13.5. The second-order valence-electron chi connectivity index (χ2n) is 4.38. The number of benzene rings is 2. The number of halogens is 2. The van der Waals surface area contributed by atoms with Gasteiger partial charge in [0.1, 0.15) is 5.82 Å². The minimum absolute atomic E-state index is 0.105. The first-order valence-electron chi connectivity index (χ1n) is 6.19. The molecule has 19 heavy (non-hydrogen) atoms. The second kappa shape index (κ2) is 6.48. The van der Waals surface area contributed by atoms with Crippen LogP contribution in [-0.2, 0) is 6.42 Å². The number of carbonyl (C=O) groups is 1. The molecule has 0 N–H and O–H groups in total. The van der Waals surface area contributed by atoms with Crippen LogP contribution in [0.1, 0.15) is 28.8 Å². The topological polar surface area (TPSA) is 17.1 Å². The van der Waals surface area contributed by atoms with Gasteiger partial charge in [0.05, 0.1) is 0 Å². The molecule has 2 rings (SSSR count). The zero-order chi connectivity index (χ0) is 13.7. The first-order valence-corrected chi connectivity index (χ1v) is 6.57. The van der Waals surface area contributed by atoms with E-state index in [1.807, 2.05) is 18.2 Å². The molecule has 0 radical (unpaired) electrons. The Morgan fingerprint density at radius 2 is 1.84 bits per heavy atom. The summed E-state index contributed by atoms with van der Waals surface area (Å²) >= 11 is 5.98. The number of hydrogen-bond donors (Lipinski definition) is 0. The Balaban J connectivity index is 1.90. The third kappa shape index (κ3) is 3.90. The quantitative estimate of drug-likeness (QED) is 0.725. The predicted octanol–water partition coefficient (Wildman–Crippen LogP) is 4.68. The smallest absolute Gasteiger partial charge is 0.162 e. The van der Waals surface area contributed by atoms with Gasteiger partial charge in [-0.25, -0.2) is 4.39 Å². The molecule has 0 unspecified atom stereocenters. The van der Waals surface area contributed by atoms with E-state index < -0.39 is 0 Å². The molecule has 1 nitrogen and oxygen atoms in total. The maximum atomic E-state index is 13.1. The van der Waals surface area contributed by atoms with Crippen molar-refractivity contribution in [3.05, 3.63) is 70.5 Å². The molecule has 0 heterocycles. The molecule has 0 aromatic heterocycles. The summed E-state index contributed by atoms with van der Waals surface area (Å²) in [7, 11) is 0. The molecule has 0 saturated carbocycles. The summed E-state index contributed by atoms with van der Waals surface area (Å²) in [5, 5.41) is 0.550. The Hall–Kier alpha value is -1.67. The summed E-state index contributed by atoms with van der Waals surface area (Å²) in [5.74, 6) is -0.193. The van der Waals surface area contributed by atoms with Crippen LogP contribution in [0, 0.1) is 5.82 Å². The van der Waals surface area contributed by atoms with Crippen LogP contribution >= 0.6 is 11.6 Å². The van der Waals surface area contributed by atoms with Crippen LogP contribution in [0.25, 0.3) is 0 Å². The van der Waals surface area contributed by atoms with E-state index in [2.05, 4.69) is 0 Å². The first kappa shape index (κ1) is 13.8. The normalized spacial score (nSPS) is 10.4. The Kier molecular flexibility index (Phi) is 4.69. The van der Waals surface area contributed by atoms with Crippen LogP contribution in [-0.4, -0.2) is 5.78 Å². The molecule has 0 amide bonds. The molecule has 0 atom stereocenters. The van der Waals surface area contributed by atoms with Gasteiger partial charge in [0.15, 0.2) is 5.78 Å².